The third-order valence-electron chi connectivity index (χ3n) is 11.4. The second-order valence-corrected chi connectivity index (χ2v) is 15.4. The molecule has 5 aliphatic rings. The van der Waals surface area contributed by atoms with E-state index in [1.807, 2.05) is 36.1 Å². The third kappa shape index (κ3) is 4.47. The molecule has 2 bridgehead atoms. The van der Waals surface area contributed by atoms with Crippen molar-refractivity contribution in [1.82, 2.24) is 25.1 Å². The SMILES string of the molecule is COc1c(C)ccc2c1C[C@@H](F)[C@H]2Nc1nccc2cc(-c3c4c(nc(CCc5ccc(F)cc5)c3-c3n[nH]c(=O)o3)C35CC(CN3C4=O)C5)sc12. The van der Waals surface area contributed by atoms with Gasteiger partial charge < -0.3 is 19.4 Å². The summed E-state index contributed by atoms with van der Waals surface area (Å²) in [6.45, 7) is 2.63. The molecular weight excluding hydrogens is 687 g/mol. The summed E-state index contributed by atoms with van der Waals surface area (Å²) in [5, 5.41) is 10.9. The molecule has 0 unspecified atom stereocenters. The van der Waals surface area contributed by atoms with Gasteiger partial charge in [-0.3, -0.25) is 9.78 Å². The number of anilines is 1. The van der Waals surface area contributed by atoms with Crippen LogP contribution < -0.4 is 15.8 Å². The van der Waals surface area contributed by atoms with Gasteiger partial charge in [0.25, 0.3) is 11.8 Å². The maximum atomic E-state index is 15.8. The number of methoxy groups -OCH3 is 1. The number of fused-ring (bicyclic) bond motifs is 3. The van der Waals surface area contributed by atoms with Crippen molar-refractivity contribution in [2.24, 2.45) is 5.92 Å². The Kier molecular flexibility index (Phi) is 6.80. The lowest BCUT2D eigenvalue weighted by atomic mass is 9.71. The van der Waals surface area contributed by atoms with Crippen LogP contribution in [0.4, 0.5) is 14.6 Å². The Hall–Kier alpha value is -5.43. The van der Waals surface area contributed by atoms with Gasteiger partial charge in [0.2, 0.25) is 0 Å². The minimum absolute atomic E-state index is 0.0363. The lowest BCUT2D eigenvalue weighted by Gasteiger charge is -2.37. The second-order valence-electron chi connectivity index (χ2n) is 14.3. The number of aryl methyl sites for hydroxylation is 3. The van der Waals surface area contributed by atoms with Crippen LogP contribution in [0.25, 0.3) is 32.0 Å². The van der Waals surface area contributed by atoms with Crippen molar-refractivity contribution in [2.75, 3.05) is 19.0 Å². The standard InChI is InChI=1S/C39H32F2N6O4S/c1-18-3-9-23-24(32(18)50-2)14-25(41)31(23)44-35-33-21(11-12-42-35)13-27(52-33)29-28(36-45-46-38(49)51-36)26(10-6-19-4-7-22(40)8-5-19)43-34-30(29)37(48)47-17-20-15-39(34,47)16-20/h3-5,7-9,11-13,20,25,31H,6,10,14-17H2,1-2H3,(H,42,44)(H,46,49)/t20?,25-,31+,39?/m1/s1. The number of thiophene rings is 1. The summed E-state index contributed by atoms with van der Waals surface area (Å²) in [7, 11) is 1.61. The molecule has 4 aromatic heterocycles. The maximum Gasteiger partial charge on any atom is 0.434 e. The number of alkyl halides is 1. The average Bonchev–Trinajstić information content (AvgIpc) is 3.97. The van der Waals surface area contributed by atoms with Gasteiger partial charge in [0.1, 0.15) is 23.6 Å². The highest BCUT2D eigenvalue weighted by Crippen LogP contribution is 2.63. The number of benzene rings is 2. The van der Waals surface area contributed by atoms with Crippen LogP contribution in [0.1, 0.15) is 62.9 Å². The number of amides is 1. The fourth-order valence-corrected chi connectivity index (χ4v) is 10.2. The summed E-state index contributed by atoms with van der Waals surface area (Å²) in [5.41, 5.74) is 6.04. The van der Waals surface area contributed by atoms with Crippen LogP contribution in [0, 0.1) is 18.7 Å². The number of hydrogen-bond donors (Lipinski definition) is 2. The van der Waals surface area contributed by atoms with Crippen LogP contribution >= 0.6 is 11.3 Å². The number of H-pyrrole nitrogens is 1. The Bertz CT molecular complexity index is 2520. The molecule has 2 saturated heterocycles. The summed E-state index contributed by atoms with van der Waals surface area (Å²) in [6.07, 6.45) is 3.39. The number of carbonyl (C=O) groups excluding carboxylic acids is 1. The number of aromatic amines is 1. The molecule has 7 heterocycles. The number of nitrogens with zero attached hydrogens (tertiary/aromatic N) is 4. The number of ether oxygens (including phenoxy) is 1. The van der Waals surface area contributed by atoms with Gasteiger partial charge in [-0.15, -0.1) is 16.4 Å². The topological polar surface area (TPSA) is 126 Å². The summed E-state index contributed by atoms with van der Waals surface area (Å²) in [4.78, 5) is 39.4. The van der Waals surface area contributed by atoms with Crippen molar-refractivity contribution in [3.8, 4) is 27.6 Å². The van der Waals surface area contributed by atoms with E-state index in [0.717, 1.165) is 55.8 Å². The third-order valence-corrected chi connectivity index (χ3v) is 12.5. The molecule has 3 aliphatic heterocycles. The van der Waals surface area contributed by atoms with Gasteiger partial charge >= 0.3 is 5.76 Å². The molecule has 10 nitrogen and oxygen atoms in total. The first-order valence-corrected chi connectivity index (χ1v) is 18.2. The zero-order chi connectivity index (χ0) is 35.5. The number of carbonyl (C=O) groups is 1. The van der Waals surface area contributed by atoms with Gasteiger partial charge in [-0.25, -0.2) is 23.7 Å². The van der Waals surface area contributed by atoms with E-state index in [-0.39, 0.29) is 24.0 Å². The van der Waals surface area contributed by atoms with Crippen molar-refractivity contribution in [3.63, 3.8) is 0 Å². The van der Waals surface area contributed by atoms with Gasteiger partial charge in [0.05, 0.1) is 45.9 Å². The number of hydrogen-bond acceptors (Lipinski definition) is 9. The fourth-order valence-electron chi connectivity index (χ4n) is 9.06. The van der Waals surface area contributed by atoms with Crippen molar-refractivity contribution in [2.45, 2.75) is 56.8 Å². The number of aromatic nitrogens is 4. The highest BCUT2D eigenvalue weighted by atomic mass is 32.1. The van der Waals surface area contributed by atoms with Crippen molar-refractivity contribution >= 4 is 33.1 Å². The van der Waals surface area contributed by atoms with Crippen molar-refractivity contribution in [3.05, 3.63) is 110 Å². The molecule has 6 aromatic rings. The monoisotopic (exact) mass is 718 g/mol. The smallest absolute Gasteiger partial charge is 0.434 e. The van der Waals surface area contributed by atoms with E-state index in [4.69, 9.17) is 14.1 Å². The number of pyridine rings is 2. The average molecular weight is 719 g/mol. The van der Waals surface area contributed by atoms with E-state index in [1.54, 1.807) is 25.4 Å². The normalized spacial score (nSPS) is 22.4. The van der Waals surface area contributed by atoms with Gasteiger partial charge in [0.15, 0.2) is 0 Å². The fraction of sp³-hybridized carbons (Fsp3) is 0.308. The Balaban J connectivity index is 1.14. The largest absolute Gasteiger partial charge is 0.496 e. The molecule has 262 valence electrons. The number of halogens is 2. The lowest BCUT2D eigenvalue weighted by molar-refractivity contribution is 0.0637. The molecule has 2 aromatic carbocycles. The highest BCUT2D eigenvalue weighted by molar-refractivity contribution is 7.23. The van der Waals surface area contributed by atoms with E-state index < -0.39 is 23.5 Å². The van der Waals surface area contributed by atoms with Crippen LogP contribution in [0.3, 0.4) is 0 Å². The Morgan fingerprint density at radius 2 is 1.92 bits per heavy atom. The van der Waals surface area contributed by atoms with Crippen LogP contribution in [-0.2, 0) is 24.8 Å². The van der Waals surface area contributed by atoms with Gasteiger partial charge in [-0.2, -0.15) is 0 Å². The first-order chi connectivity index (χ1) is 25.2. The van der Waals surface area contributed by atoms with Gasteiger partial charge in [-0.1, -0.05) is 24.3 Å². The molecule has 2 N–H and O–H groups in total. The van der Waals surface area contributed by atoms with E-state index in [9.17, 15) is 14.0 Å². The molecule has 1 saturated carbocycles. The minimum atomic E-state index is -1.19. The van der Waals surface area contributed by atoms with Crippen LogP contribution in [0.5, 0.6) is 5.75 Å². The molecule has 52 heavy (non-hydrogen) atoms. The zero-order valence-corrected chi connectivity index (χ0v) is 29.1. The van der Waals surface area contributed by atoms with Gasteiger partial charge in [-0.05, 0) is 84.9 Å². The van der Waals surface area contributed by atoms with Crippen LogP contribution in [0.15, 0.2) is 63.9 Å². The zero-order valence-electron chi connectivity index (χ0n) is 28.3. The maximum absolute atomic E-state index is 15.8. The second kappa shape index (κ2) is 11.3. The molecule has 2 aliphatic carbocycles. The molecular formula is C39H32F2N6O4S. The summed E-state index contributed by atoms with van der Waals surface area (Å²) in [6, 6.07) is 13.5. The first-order valence-electron chi connectivity index (χ1n) is 17.4. The molecule has 3 fully saturated rings. The molecule has 1 spiro atoms. The molecule has 1 amide bonds. The quantitative estimate of drug-likeness (QED) is 0.171. The predicted octanol–water partition coefficient (Wildman–Crippen LogP) is 7.07. The van der Waals surface area contributed by atoms with E-state index in [1.165, 1.54) is 23.5 Å². The Labute approximate surface area is 299 Å². The first kappa shape index (κ1) is 31.3. The number of nitrogens with one attached hydrogen (secondary N) is 2. The Morgan fingerprint density at radius 3 is 2.69 bits per heavy atom. The van der Waals surface area contributed by atoms with Crippen molar-refractivity contribution < 1.29 is 22.7 Å². The summed E-state index contributed by atoms with van der Waals surface area (Å²) < 4.78 is 41.6. The van der Waals surface area contributed by atoms with E-state index in [0.29, 0.717) is 59.3 Å². The molecule has 13 heteroatoms. The summed E-state index contributed by atoms with van der Waals surface area (Å²) in [5.74, 6) is 0.571. The summed E-state index contributed by atoms with van der Waals surface area (Å²) >= 11 is 1.43. The molecule has 2 atom stereocenters. The molecule has 11 rings (SSSR count). The lowest BCUT2D eigenvalue weighted by Crippen LogP contribution is -2.40. The highest BCUT2D eigenvalue weighted by Gasteiger charge is 2.65. The van der Waals surface area contributed by atoms with Crippen LogP contribution in [-0.4, -0.2) is 50.8 Å². The van der Waals surface area contributed by atoms with Crippen LogP contribution in [0.2, 0.25) is 0 Å². The van der Waals surface area contributed by atoms with Crippen molar-refractivity contribution in [1.29, 1.82) is 0 Å². The predicted molar refractivity (Wildman–Crippen MR) is 191 cm³/mol. The minimum Gasteiger partial charge on any atom is -0.496 e. The molecule has 0 radical (unpaired) electrons. The van der Waals surface area contributed by atoms with E-state index >= 15 is 4.39 Å². The Morgan fingerprint density at radius 1 is 1.10 bits per heavy atom. The van der Waals surface area contributed by atoms with E-state index in [2.05, 4.69) is 20.5 Å². The number of rotatable bonds is 8. The van der Waals surface area contributed by atoms with Gasteiger partial charge in [0, 0.05) is 35.2 Å².